The van der Waals surface area contributed by atoms with Crippen LogP contribution in [0.5, 0.6) is 17.2 Å². The van der Waals surface area contributed by atoms with Crippen molar-refractivity contribution < 1.29 is 19.0 Å². The molecule has 3 aromatic rings. The highest BCUT2D eigenvalue weighted by Crippen LogP contribution is 2.26. The summed E-state index contributed by atoms with van der Waals surface area (Å²) >= 11 is 0. The quantitative estimate of drug-likeness (QED) is 0.670. The molecule has 0 bridgehead atoms. The lowest BCUT2D eigenvalue weighted by molar-refractivity contribution is 0.102. The van der Waals surface area contributed by atoms with E-state index in [0.29, 0.717) is 29.4 Å². The molecule has 5 heteroatoms. The first kappa shape index (κ1) is 18.3. The number of hydrogen-bond donors (Lipinski definition) is 1. The van der Waals surface area contributed by atoms with Crippen LogP contribution in [0.15, 0.2) is 72.8 Å². The molecule has 27 heavy (non-hydrogen) atoms. The summed E-state index contributed by atoms with van der Waals surface area (Å²) in [7, 11) is 3.13. The fourth-order valence-electron chi connectivity index (χ4n) is 2.52. The topological polar surface area (TPSA) is 56.8 Å². The third kappa shape index (κ3) is 5.01. The maximum Gasteiger partial charge on any atom is 0.255 e. The number of methoxy groups -OCH3 is 2. The maximum absolute atomic E-state index is 12.5. The molecule has 0 radical (unpaired) electrons. The molecule has 0 fully saturated rings. The van der Waals surface area contributed by atoms with E-state index < -0.39 is 0 Å². The third-order valence-electron chi connectivity index (χ3n) is 3.97. The van der Waals surface area contributed by atoms with Crippen LogP contribution in [0.2, 0.25) is 0 Å². The van der Waals surface area contributed by atoms with E-state index in [1.165, 1.54) is 0 Å². The summed E-state index contributed by atoms with van der Waals surface area (Å²) in [5.41, 5.74) is 2.14. The molecule has 138 valence electrons. The molecular formula is C22H21NO4. The Bertz CT molecular complexity index is 870. The van der Waals surface area contributed by atoms with Gasteiger partial charge in [0, 0.05) is 29.4 Å². The second-order valence-corrected chi connectivity index (χ2v) is 5.85. The number of anilines is 1. The van der Waals surface area contributed by atoms with Crippen molar-refractivity contribution in [1.82, 2.24) is 0 Å². The molecule has 0 spiro atoms. The monoisotopic (exact) mass is 363 g/mol. The normalized spacial score (nSPS) is 10.1. The zero-order valence-electron chi connectivity index (χ0n) is 15.3. The summed E-state index contributed by atoms with van der Waals surface area (Å²) in [6.07, 6.45) is 0. The molecule has 0 aliphatic rings. The first-order valence-electron chi connectivity index (χ1n) is 8.49. The zero-order chi connectivity index (χ0) is 19.1. The number of amides is 1. The van der Waals surface area contributed by atoms with Gasteiger partial charge in [-0.25, -0.2) is 0 Å². The highest BCUT2D eigenvalue weighted by atomic mass is 16.5. The Kier molecular flexibility index (Phi) is 5.94. The van der Waals surface area contributed by atoms with Crippen LogP contribution in [0.3, 0.4) is 0 Å². The molecule has 1 N–H and O–H groups in total. The van der Waals surface area contributed by atoms with Crippen LogP contribution in [0, 0.1) is 0 Å². The fourth-order valence-corrected chi connectivity index (χ4v) is 2.52. The van der Waals surface area contributed by atoms with Gasteiger partial charge in [-0.2, -0.15) is 0 Å². The molecule has 0 saturated heterocycles. The second kappa shape index (κ2) is 8.76. The van der Waals surface area contributed by atoms with E-state index in [9.17, 15) is 4.79 Å². The van der Waals surface area contributed by atoms with Gasteiger partial charge in [0.25, 0.3) is 5.91 Å². The Hall–Kier alpha value is -3.47. The van der Waals surface area contributed by atoms with Gasteiger partial charge in [0.1, 0.15) is 23.9 Å². The standard InChI is InChI=1S/C22H21NO4/c1-25-20-12-18(13-21(14-20)26-2)23-22(24)17-10-8-16(9-11-17)15-27-19-6-4-3-5-7-19/h3-14H,15H2,1-2H3,(H,23,24). The van der Waals surface area contributed by atoms with Crippen LogP contribution in [-0.2, 0) is 6.61 Å². The van der Waals surface area contributed by atoms with E-state index in [2.05, 4.69) is 5.32 Å². The molecule has 5 nitrogen and oxygen atoms in total. The largest absolute Gasteiger partial charge is 0.497 e. The molecule has 0 aliphatic carbocycles. The molecule has 0 aromatic heterocycles. The lowest BCUT2D eigenvalue weighted by Gasteiger charge is -2.10. The summed E-state index contributed by atoms with van der Waals surface area (Å²) in [6, 6.07) is 22.1. The van der Waals surface area contributed by atoms with E-state index in [4.69, 9.17) is 14.2 Å². The first-order chi connectivity index (χ1) is 13.2. The lowest BCUT2D eigenvalue weighted by atomic mass is 10.1. The van der Waals surface area contributed by atoms with Crippen LogP contribution in [0.1, 0.15) is 15.9 Å². The number of nitrogens with one attached hydrogen (secondary N) is 1. The average molecular weight is 363 g/mol. The highest BCUT2D eigenvalue weighted by molar-refractivity contribution is 6.04. The summed E-state index contributed by atoms with van der Waals surface area (Å²) in [5.74, 6) is 1.82. The van der Waals surface area contributed by atoms with Crippen molar-refractivity contribution in [3.63, 3.8) is 0 Å². The summed E-state index contributed by atoms with van der Waals surface area (Å²) in [4.78, 5) is 12.5. The van der Waals surface area contributed by atoms with Gasteiger partial charge in [0.2, 0.25) is 0 Å². The van der Waals surface area contributed by atoms with Crippen molar-refractivity contribution in [3.8, 4) is 17.2 Å². The van der Waals surface area contributed by atoms with Gasteiger partial charge in [-0.1, -0.05) is 30.3 Å². The Balaban J connectivity index is 1.63. The van der Waals surface area contributed by atoms with Gasteiger partial charge in [0.05, 0.1) is 14.2 Å². The third-order valence-corrected chi connectivity index (χ3v) is 3.97. The number of benzene rings is 3. The maximum atomic E-state index is 12.5. The van der Waals surface area contributed by atoms with Crippen molar-refractivity contribution in [3.05, 3.63) is 83.9 Å². The number of carbonyl (C=O) groups excluding carboxylic acids is 1. The minimum atomic E-state index is -0.208. The Labute approximate surface area is 158 Å². The molecule has 0 saturated carbocycles. The summed E-state index contributed by atoms with van der Waals surface area (Å²) in [5, 5.41) is 2.85. The van der Waals surface area contributed by atoms with E-state index >= 15 is 0 Å². The SMILES string of the molecule is COc1cc(NC(=O)c2ccc(COc3ccccc3)cc2)cc(OC)c1. The average Bonchev–Trinajstić information content (AvgIpc) is 2.73. The number of carbonyl (C=O) groups is 1. The molecule has 3 rings (SSSR count). The minimum absolute atomic E-state index is 0.208. The second-order valence-electron chi connectivity index (χ2n) is 5.85. The molecule has 3 aromatic carbocycles. The zero-order valence-corrected chi connectivity index (χ0v) is 15.3. The van der Waals surface area contributed by atoms with Crippen molar-refractivity contribution >= 4 is 11.6 Å². The number of ether oxygens (including phenoxy) is 3. The van der Waals surface area contributed by atoms with E-state index in [-0.39, 0.29) is 5.91 Å². The molecule has 0 heterocycles. The predicted molar refractivity (Wildman–Crippen MR) is 105 cm³/mol. The summed E-state index contributed by atoms with van der Waals surface area (Å²) in [6.45, 7) is 0.443. The molecular weight excluding hydrogens is 342 g/mol. The number of rotatable bonds is 7. The Morgan fingerprint density at radius 3 is 2.04 bits per heavy atom. The van der Waals surface area contributed by atoms with Crippen molar-refractivity contribution in [2.45, 2.75) is 6.61 Å². The van der Waals surface area contributed by atoms with Gasteiger partial charge in [0.15, 0.2) is 0 Å². The van der Waals surface area contributed by atoms with Gasteiger partial charge in [-0.05, 0) is 29.8 Å². The first-order valence-corrected chi connectivity index (χ1v) is 8.49. The van der Waals surface area contributed by atoms with Crippen molar-refractivity contribution in [2.24, 2.45) is 0 Å². The van der Waals surface area contributed by atoms with Crippen LogP contribution in [0.25, 0.3) is 0 Å². The Morgan fingerprint density at radius 2 is 1.44 bits per heavy atom. The smallest absolute Gasteiger partial charge is 0.255 e. The van der Waals surface area contributed by atoms with E-state index in [1.54, 1.807) is 44.6 Å². The minimum Gasteiger partial charge on any atom is -0.497 e. The molecule has 1 amide bonds. The lowest BCUT2D eigenvalue weighted by Crippen LogP contribution is -2.12. The number of hydrogen-bond acceptors (Lipinski definition) is 4. The summed E-state index contributed by atoms with van der Waals surface area (Å²) < 4.78 is 16.1. The molecule has 0 aliphatic heterocycles. The number of para-hydroxylation sites is 1. The van der Waals surface area contributed by atoms with Gasteiger partial charge >= 0.3 is 0 Å². The highest BCUT2D eigenvalue weighted by Gasteiger charge is 2.09. The molecule has 0 atom stereocenters. The fraction of sp³-hybridized carbons (Fsp3) is 0.136. The van der Waals surface area contributed by atoms with Crippen LogP contribution >= 0.6 is 0 Å². The Morgan fingerprint density at radius 1 is 0.815 bits per heavy atom. The van der Waals surface area contributed by atoms with Gasteiger partial charge in [-0.3, -0.25) is 4.79 Å². The van der Waals surface area contributed by atoms with E-state index in [1.807, 2.05) is 42.5 Å². The van der Waals surface area contributed by atoms with E-state index in [0.717, 1.165) is 11.3 Å². The molecule has 0 unspecified atom stereocenters. The predicted octanol–water partition coefficient (Wildman–Crippen LogP) is 4.54. The van der Waals surface area contributed by atoms with Crippen LogP contribution in [-0.4, -0.2) is 20.1 Å². The van der Waals surface area contributed by atoms with Crippen molar-refractivity contribution in [2.75, 3.05) is 19.5 Å². The van der Waals surface area contributed by atoms with Crippen LogP contribution in [0.4, 0.5) is 5.69 Å². The van der Waals surface area contributed by atoms with Crippen LogP contribution < -0.4 is 19.5 Å². The van der Waals surface area contributed by atoms with Gasteiger partial charge in [-0.15, -0.1) is 0 Å². The van der Waals surface area contributed by atoms with Gasteiger partial charge < -0.3 is 19.5 Å². The van der Waals surface area contributed by atoms with Crippen molar-refractivity contribution in [1.29, 1.82) is 0 Å².